The van der Waals surface area contributed by atoms with Crippen molar-refractivity contribution in [3.63, 3.8) is 0 Å². The summed E-state index contributed by atoms with van der Waals surface area (Å²) in [5.74, 6) is 0.154. The Hall–Kier alpha value is -1.03. The number of ether oxygens (including phenoxy) is 1. The van der Waals surface area contributed by atoms with E-state index in [-0.39, 0.29) is 11.9 Å². The standard InChI is InChI=1S/C16H22BrNO2/c1-3-20-15(19)16(10-5-4-7-12(16)2)18-14-9-6-8-13(17)11-14/h6,8-9,11-12,18H,3-5,7,10H2,1-2H3. The monoisotopic (exact) mass is 339 g/mol. The molecule has 0 aromatic heterocycles. The number of hydrogen-bond acceptors (Lipinski definition) is 3. The summed E-state index contributed by atoms with van der Waals surface area (Å²) in [5, 5.41) is 3.46. The fraction of sp³-hybridized carbons (Fsp3) is 0.562. The molecule has 1 aliphatic carbocycles. The highest BCUT2D eigenvalue weighted by atomic mass is 79.9. The zero-order chi connectivity index (χ0) is 14.6. The van der Waals surface area contributed by atoms with E-state index in [1.54, 1.807) is 0 Å². The van der Waals surface area contributed by atoms with Crippen LogP contribution in [-0.4, -0.2) is 18.1 Å². The number of carbonyl (C=O) groups is 1. The molecule has 1 fully saturated rings. The molecule has 1 aromatic carbocycles. The minimum Gasteiger partial charge on any atom is -0.464 e. The molecule has 1 aliphatic rings. The molecule has 0 amide bonds. The number of anilines is 1. The number of hydrogen-bond donors (Lipinski definition) is 1. The molecule has 1 N–H and O–H groups in total. The highest BCUT2D eigenvalue weighted by Crippen LogP contribution is 2.38. The topological polar surface area (TPSA) is 38.3 Å². The van der Waals surface area contributed by atoms with E-state index in [2.05, 4.69) is 28.2 Å². The molecule has 110 valence electrons. The summed E-state index contributed by atoms with van der Waals surface area (Å²) in [6.07, 6.45) is 4.13. The number of nitrogens with one attached hydrogen (secondary N) is 1. The second-order valence-electron chi connectivity index (χ2n) is 5.47. The van der Waals surface area contributed by atoms with E-state index >= 15 is 0 Å². The zero-order valence-corrected chi connectivity index (χ0v) is 13.7. The summed E-state index contributed by atoms with van der Waals surface area (Å²) in [5.41, 5.74) is 0.371. The van der Waals surface area contributed by atoms with Crippen molar-refractivity contribution < 1.29 is 9.53 Å². The molecule has 2 atom stereocenters. The van der Waals surface area contributed by atoms with Crippen LogP contribution in [0.15, 0.2) is 28.7 Å². The van der Waals surface area contributed by atoms with Gasteiger partial charge in [-0.2, -0.15) is 0 Å². The number of benzene rings is 1. The fourth-order valence-corrected chi connectivity index (χ4v) is 3.37. The van der Waals surface area contributed by atoms with Gasteiger partial charge in [0.25, 0.3) is 0 Å². The predicted octanol–water partition coefficient (Wildman–Crippen LogP) is 4.37. The second-order valence-corrected chi connectivity index (χ2v) is 6.39. The van der Waals surface area contributed by atoms with E-state index in [1.807, 2.05) is 31.2 Å². The summed E-state index contributed by atoms with van der Waals surface area (Å²) in [4.78, 5) is 12.5. The van der Waals surface area contributed by atoms with Gasteiger partial charge in [-0.25, -0.2) is 4.79 Å². The molecule has 3 nitrogen and oxygen atoms in total. The van der Waals surface area contributed by atoms with Crippen LogP contribution in [0.3, 0.4) is 0 Å². The molecule has 20 heavy (non-hydrogen) atoms. The molecule has 0 aliphatic heterocycles. The lowest BCUT2D eigenvalue weighted by molar-refractivity contribution is -0.151. The van der Waals surface area contributed by atoms with Crippen molar-refractivity contribution in [2.24, 2.45) is 5.92 Å². The molecule has 1 saturated carbocycles. The summed E-state index contributed by atoms with van der Waals surface area (Å²) in [6, 6.07) is 7.95. The van der Waals surface area contributed by atoms with Gasteiger partial charge in [-0.15, -0.1) is 0 Å². The lowest BCUT2D eigenvalue weighted by atomic mass is 9.73. The number of rotatable bonds is 4. The van der Waals surface area contributed by atoms with Gasteiger partial charge in [0, 0.05) is 10.2 Å². The van der Waals surface area contributed by atoms with Gasteiger partial charge in [0.2, 0.25) is 0 Å². The molecular weight excluding hydrogens is 318 g/mol. The Labute approximate surface area is 129 Å². The molecular formula is C16H22BrNO2. The number of carbonyl (C=O) groups excluding carboxylic acids is 1. The Kier molecular flexibility index (Phi) is 5.08. The van der Waals surface area contributed by atoms with Gasteiger partial charge in [-0.3, -0.25) is 0 Å². The molecule has 0 saturated heterocycles. The summed E-state index contributed by atoms with van der Waals surface area (Å²) < 4.78 is 6.35. The molecule has 1 aromatic rings. The third-order valence-electron chi connectivity index (χ3n) is 4.13. The van der Waals surface area contributed by atoms with Gasteiger partial charge < -0.3 is 10.1 Å². The van der Waals surface area contributed by atoms with Gasteiger partial charge in [0.05, 0.1) is 6.61 Å². The van der Waals surface area contributed by atoms with E-state index in [0.717, 1.165) is 29.4 Å². The lowest BCUT2D eigenvalue weighted by Gasteiger charge is -2.41. The van der Waals surface area contributed by atoms with Gasteiger partial charge in [-0.05, 0) is 43.9 Å². The van der Waals surface area contributed by atoms with E-state index in [9.17, 15) is 4.79 Å². The average molecular weight is 340 g/mol. The predicted molar refractivity (Wildman–Crippen MR) is 84.8 cm³/mol. The highest BCUT2D eigenvalue weighted by molar-refractivity contribution is 9.10. The highest BCUT2D eigenvalue weighted by Gasteiger charge is 2.46. The Morgan fingerprint density at radius 3 is 2.95 bits per heavy atom. The Bertz CT molecular complexity index is 477. The van der Waals surface area contributed by atoms with Crippen LogP contribution in [0.2, 0.25) is 0 Å². The maximum absolute atomic E-state index is 12.5. The smallest absolute Gasteiger partial charge is 0.332 e. The van der Waals surface area contributed by atoms with Crippen LogP contribution in [0.25, 0.3) is 0 Å². The molecule has 2 rings (SSSR count). The molecule has 2 unspecified atom stereocenters. The van der Waals surface area contributed by atoms with E-state index < -0.39 is 5.54 Å². The quantitative estimate of drug-likeness (QED) is 0.827. The van der Waals surface area contributed by atoms with Gasteiger partial charge in [0.1, 0.15) is 5.54 Å². The summed E-state index contributed by atoms with van der Waals surface area (Å²) >= 11 is 3.47. The normalized spacial score (nSPS) is 26.1. The van der Waals surface area contributed by atoms with Crippen LogP contribution in [0.1, 0.15) is 39.5 Å². The van der Waals surface area contributed by atoms with Crippen LogP contribution in [0.4, 0.5) is 5.69 Å². The van der Waals surface area contributed by atoms with Crippen molar-refractivity contribution in [3.05, 3.63) is 28.7 Å². The first-order chi connectivity index (χ1) is 9.58. The molecule has 0 bridgehead atoms. The fourth-order valence-electron chi connectivity index (χ4n) is 2.97. The average Bonchev–Trinajstić information content (AvgIpc) is 2.42. The first kappa shape index (κ1) is 15.4. The molecule has 0 radical (unpaired) electrons. The van der Waals surface area contributed by atoms with Gasteiger partial charge in [-0.1, -0.05) is 41.8 Å². The van der Waals surface area contributed by atoms with Crippen molar-refractivity contribution in [1.29, 1.82) is 0 Å². The van der Waals surface area contributed by atoms with Crippen molar-refractivity contribution in [1.82, 2.24) is 0 Å². The molecule has 0 spiro atoms. The first-order valence-electron chi connectivity index (χ1n) is 7.29. The van der Waals surface area contributed by atoms with Gasteiger partial charge in [0.15, 0.2) is 0 Å². The largest absolute Gasteiger partial charge is 0.464 e. The van der Waals surface area contributed by atoms with Crippen molar-refractivity contribution in [2.45, 2.75) is 45.1 Å². The van der Waals surface area contributed by atoms with Crippen molar-refractivity contribution >= 4 is 27.6 Å². The summed E-state index contributed by atoms with van der Waals surface area (Å²) in [6.45, 7) is 4.42. The molecule has 4 heteroatoms. The van der Waals surface area contributed by atoms with Crippen LogP contribution < -0.4 is 5.32 Å². The molecule has 0 heterocycles. The summed E-state index contributed by atoms with van der Waals surface area (Å²) in [7, 11) is 0. The third kappa shape index (κ3) is 3.17. The number of esters is 1. The number of halogens is 1. The third-order valence-corrected chi connectivity index (χ3v) is 4.62. The second kappa shape index (κ2) is 6.61. The van der Waals surface area contributed by atoms with Crippen LogP contribution in [-0.2, 0) is 9.53 Å². The van der Waals surface area contributed by atoms with E-state index in [0.29, 0.717) is 6.61 Å². The maximum Gasteiger partial charge on any atom is 0.332 e. The van der Waals surface area contributed by atoms with E-state index in [4.69, 9.17) is 4.74 Å². The first-order valence-corrected chi connectivity index (χ1v) is 8.09. The maximum atomic E-state index is 12.5. The lowest BCUT2D eigenvalue weighted by Crippen LogP contribution is -2.54. The van der Waals surface area contributed by atoms with Crippen LogP contribution in [0, 0.1) is 5.92 Å². The Morgan fingerprint density at radius 2 is 2.30 bits per heavy atom. The van der Waals surface area contributed by atoms with Crippen molar-refractivity contribution in [2.75, 3.05) is 11.9 Å². The van der Waals surface area contributed by atoms with Gasteiger partial charge >= 0.3 is 5.97 Å². The van der Waals surface area contributed by atoms with Crippen LogP contribution in [0.5, 0.6) is 0 Å². The van der Waals surface area contributed by atoms with Crippen molar-refractivity contribution in [3.8, 4) is 0 Å². The Balaban J connectivity index is 2.28. The minimum atomic E-state index is -0.588. The van der Waals surface area contributed by atoms with E-state index in [1.165, 1.54) is 6.42 Å². The van der Waals surface area contributed by atoms with Crippen LogP contribution >= 0.6 is 15.9 Å². The Morgan fingerprint density at radius 1 is 1.50 bits per heavy atom. The zero-order valence-electron chi connectivity index (χ0n) is 12.1. The minimum absolute atomic E-state index is 0.118. The SMILES string of the molecule is CCOC(=O)C1(Nc2cccc(Br)c2)CCCCC1C.